The van der Waals surface area contributed by atoms with Gasteiger partial charge in [0, 0.05) is 11.1 Å². The fraction of sp³-hybridized carbons (Fsp3) is 0.0870. The number of nitrogens with one attached hydrogen (secondary N) is 2. The summed E-state index contributed by atoms with van der Waals surface area (Å²) in [5.41, 5.74) is 5.06. The van der Waals surface area contributed by atoms with Gasteiger partial charge in [-0.2, -0.15) is 5.10 Å². The Bertz CT molecular complexity index is 985. The molecule has 5 nitrogen and oxygen atoms in total. The second-order valence-electron chi connectivity index (χ2n) is 6.25. The molecule has 2 N–H and O–H groups in total. The van der Waals surface area contributed by atoms with Crippen molar-refractivity contribution >= 4 is 35.0 Å². The van der Waals surface area contributed by atoms with Crippen LogP contribution in [-0.2, 0) is 9.59 Å². The Hall–Kier alpha value is -3.45. The third-order valence-electron chi connectivity index (χ3n) is 4.00. The molecule has 0 fully saturated rings. The molecule has 30 heavy (non-hydrogen) atoms. The van der Waals surface area contributed by atoms with Crippen molar-refractivity contribution in [3.8, 4) is 0 Å². The van der Waals surface area contributed by atoms with E-state index in [0.717, 1.165) is 22.9 Å². The number of halogens is 1. The predicted molar refractivity (Wildman–Crippen MR) is 119 cm³/mol. The number of para-hydroxylation sites is 1. The molecule has 0 atom stereocenters. The lowest BCUT2D eigenvalue weighted by Crippen LogP contribution is -2.23. The Kier molecular flexibility index (Phi) is 7.74. The zero-order valence-corrected chi connectivity index (χ0v) is 16.9. The molecule has 0 bridgehead atoms. The smallest absolute Gasteiger partial charge is 0.250 e. The van der Waals surface area contributed by atoms with Gasteiger partial charge < -0.3 is 5.32 Å². The van der Waals surface area contributed by atoms with Crippen LogP contribution < -0.4 is 10.7 Å². The van der Waals surface area contributed by atoms with Crippen molar-refractivity contribution in [3.63, 3.8) is 0 Å². The van der Waals surface area contributed by atoms with Crippen LogP contribution in [0.1, 0.15) is 11.1 Å². The maximum Gasteiger partial charge on any atom is 0.250 e. The molecule has 0 aliphatic heterocycles. The van der Waals surface area contributed by atoms with Crippen LogP contribution in [0, 0.1) is 5.82 Å². The topological polar surface area (TPSA) is 70.6 Å². The van der Waals surface area contributed by atoms with Gasteiger partial charge in [0.15, 0.2) is 0 Å². The minimum absolute atomic E-state index is 0.0235. The zero-order chi connectivity index (χ0) is 21.2. The molecule has 0 spiro atoms. The first-order valence-corrected chi connectivity index (χ1v) is 10.4. The van der Waals surface area contributed by atoms with E-state index >= 15 is 0 Å². The van der Waals surface area contributed by atoms with E-state index < -0.39 is 5.82 Å². The summed E-state index contributed by atoms with van der Waals surface area (Å²) in [7, 11) is 0. The van der Waals surface area contributed by atoms with Crippen molar-refractivity contribution in [3.05, 3.63) is 102 Å². The van der Waals surface area contributed by atoms with E-state index in [2.05, 4.69) is 15.8 Å². The standard InChI is InChI=1S/C23H20FN3O2S/c24-19-13-7-8-14-20(19)25-21(28)15-30-16-22(29)26-27-23(17-9-3-1-4-10-17)18-11-5-2-6-12-18/h1-14H,15-16H2,(H,25,28)(H,26,29). The Morgan fingerprint density at radius 2 is 1.30 bits per heavy atom. The van der Waals surface area contributed by atoms with Crippen molar-refractivity contribution < 1.29 is 14.0 Å². The van der Waals surface area contributed by atoms with Crippen molar-refractivity contribution in [1.82, 2.24) is 5.43 Å². The quantitative estimate of drug-likeness (QED) is 0.426. The Morgan fingerprint density at radius 1 is 0.767 bits per heavy atom. The maximum atomic E-state index is 13.6. The monoisotopic (exact) mass is 421 g/mol. The van der Waals surface area contributed by atoms with Gasteiger partial charge in [0.2, 0.25) is 11.8 Å². The van der Waals surface area contributed by atoms with Crippen molar-refractivity contribution in [2.24, 2.45) is 5.10 Å². The first-order chi connectivity index (χ1) is 14.6. The highest BCUT2D eigenvalue weighted by Gasteiger charge is 2.10. The summed E-state index contributed by atoms with van der Waals surface area (Å²) in [6.07, 6.45) is 0. The van der Waals surface area contributed by atoms with Gasteiger partial charge in [0.1, 0.15) is 5.82 Å². The fourth-order valence-electron chi connectivity index (χ4n) is 2.62. The first kappa shape index (κ1) is 21.3. The molecule has 0 saturated carbocycles. The molecule has 0 aliphatic carbocycles. The summed E-state index contributed by atoms with van der Waals surface area (Å²) in [6, 6.07) is 25.0. The maximum absolute atomic E-state index is 13.6. The highest BCUT2D eigenvalue weighted by Crippen LogP contribution is 2.13. The average molecular weight is 421 g/mol. The van der Waals surface area contributed by atoms with Crippen LogP contribution in [-0.4, -0.2) is 29.0 Å². The van der Waals surface area contributed by atoms with Crippen LogP contribution in [0.4, 0.5) is 10.1 Å². The molecule has 0 unspecified atom stereocenters. The number of rotatable bonds is 8. The van der Waals surface area contributed by atoms with Gasteiger partial charge in [-0.05, 0) is 12.1 Å². The van der Waals surface area contributed by atoms with E-state index in [9.17, 15) is 14.0 Å². The van der Waals surface area contributed by atoms with Gasteiger partial charge in [0.05, 0.1) is 22.9 Å². The van der Waals surface area contributed by atoms with Crippen LogP contribution in [0.2, 0.25) is 0 Å². The number of carbonyl (C=O) groups is 2. The van der Waals surface area contributed by atoms with Gasteiger partial charge in [-0.25, -0.2) is 9.82 Å². The molecule has 7 heteroatoms. The van der Waals surface area contributed by atoms with E-state index in [1.165, 1.54) is 12.1 Å². The summed E-state index contributed by atoms with van der Waals surface area (Å²) in [5.74, 6) is -1.14. The van der Waals surface area contributed by atoms with Crippen LogP contribution >= 0.6 is 11.8 Å². The molecule has 3 aromatic carbocycles. The van der Waals surface area contributed by atoms with Crippen LogP contribution in [0.5, 0.6) is 0 Å². The lowest BCUT2D eigenvalue weighted by molar-refractivity contribution is -0.118. The molecule has 0 aromatic heterocycles. The second kappa shape index (κ2) is 10.9. The van der Waals surface area contributed by atoms with E-state index in [4.69, 9.17) is 0 Å². The summed E-state index contributed by atoms with van der Waals surface area (Å²) >= 11 is 1.12. The highest BCUT2D eigenvalue weighted by atomic mass is 32.2. The Labute approximate surface area is 178 Å². The molecule has 3 aromatic rings. The molecule has 2 amide bonds. The number of hydrogen-bond acceptors (Lipinski definition) is 4. The van der Waals surface area contributed by atoms with Crippen molar-refractivity contribution in [2.45, 2.75) is 0 Å². The molecule has 0 aliphatic rings. The number of carbonyl (C=O) groups excluding carboxylic acids is 2. The number of hydrazone groups is 1. The predicted octanol–water partition coefficient (Wildman–Crippen LogP) is 4.07. The molecule has 0 radical (unpaired) electrons. The van der Waals surface area contributed by atoms with Gasteiger partial charge in [-0.3, -0.25) is 9.59 Å². The van der Waals surface area contributed by atoms with E-state index in [-0.39, 0.29) is 29.0 Å². The molecule has 3 rings (SSSR count). The number of amides is 2. The van der Waals surface area contributed by atoms with E-state index in [0.29, 0.717) is 5.71 Å². The first-order valence-electron chi connectivity index (χ1n) is 9.23. The largest absolute Gasteiger partial charge is 0.323 e. The van der Waals surface area contributed by atoms with Gasteiger partial charge in [0.25, 0.3) is 0 Å². The SMILES string of the molecule is O=C(CSCC(=O)Nc1ccccc1F)NN=C(c1ccccc1)c1ccccc1. The third-order valence-corrected chi connectivity index (χ3v) is 4.93. The Morgan fingerprint density at radius 3 is 1.90 bits per heavy atom. The van der Waals surface area contributed by atoms with Crippen molar-refractivity contribution in [2.75, 3.05) is 16.8 Å². The molecular formula is C23H20FN3O2S. The number of anilines is 1. The minimum Gasteiger partial charge on any atom is -0.323 e. The molecule has 152 valence electrons. The van der Waals surface area contributed by atoms with Crippen LogP contribution in [0.15, 0.2) is 90.0 Å². The lowest BCUT2D eigenvalue weighted by atomic mass is 10.0. The lowest BCUT2D eigenvalue weighted by Gasteiger charge is -2.08. The average Bonchev–Trinajstić information content (AvgIpc) is 2.77. The molecule has 0 heterocycles. The van der Waals surface area contributed by atoms with Gasteiger partial charge in [-0.1, -0.05) is 72.8 Å². The normalized spacial score (nSPS) is 10.2. The van der Waals surface area contributed by atoms with E-state index in [1.54, 1.807) is 12.1 Å². The second-order valence-corrected chi connectivity index (χ2v) is 7.23. The number of thioether (sulfide) groups is 1. The van der Waals surface area contributed by atoms with Crippen LogP contribution in [0.3, 0.4) is 0 Å². The summed E-state index contributed by atoms with van der Waals surface area (Å²) in [5, 5.41) is 6.78. The summed E-state index contributed by atoms with van der Waals surface area (Å²) < 4.78 is 13.6. The van der Waals surface area contributed by atoms with E-state index in [1.807, 2.05) is 60.7 Å². The zero-order valence-electron chi connectivity index (χ0n) is 16.0. The van der Waals surface area contributed by atoms with Crippen molar-refractivity contribution in [1.29, 1.82) is 0 Å². The molecular weight excluding hydrogens is 401 g/mol. The number of hydrogen-bond donors (Lipinski definition) is 2. The van der Waals surface area contributed by atoms with Gasteiger partial charge >= 0.3 is 0 Å². The third kappa shape index (κ3) is 6.28. The highest BCUT2D eigenvalue weighted by molar-refractivity contribution is 8.00. The van der Waals surface area contributed by atoms with Gasteiger partial charge in [-0.15, -0.1) is 11.8 Å². The summed E-state index contributed by atoms with van der Waals surface area (Å²) in [6.45, 7) is 0. The minimum atomic E-state index is -0.503. The number of nitrogens with zero attached hydrogens (tertiary/aromatic N) is 1. The Balaban J connectivity index is 1.54. The summed E-state index contributed by atoms with van der Waals surface area (Å²) in [4.78, 5) is 24.1. The molecule has 0 saturated heterocycles. The number of benzene rings is 3. The fourth-order valence-corrected chi connectivity index (χ4v) is 3.23. The van der Waals surface area contributed by atoms with Crippen LogP contribution in [0.25, 0.3) is 0 Å².